The van der Waals surface area contributed by atoms with Crippen LogP contribution in [0.5, 0.6) is 0 Å². The lowest BCUT2D eigenvalue weighted by Gasteiger charge is -2.08. The molecule has 0 aliphatic rings. The van der Waals surface area contributed by atoms with Gasteiger partial charge in [0.05, 0.1) is 19.3 Å². The maximum atomic E-state index is 9.33. The van der Waals surface area contributed by atoms with Gasteiger partial charge < -0.3 is 15.2 Å². The van der Waals surface area contributed by atoms with Gasteiger partial charge in [-0.05, 0) is 12.1 Å². The van der Waals surface area contributed by atoms with Gasteiger partial charge >= 0.3 is 0 Å². The lowest BCUT2D eigenvalue weighted by Crippen LogP contribution is -2.30. The number of hydrogen-bond acceptors (Lipinski definition) is 3. The molecule has 1 unspecified atom stereocenters. The average Bonchev–Trinajstić information content (AvgIpc) is 2.30. The number of aliphatic hydroxyl groups excluding tert-OH is 1. The van der Waals surface area contributed by atoms with Gasteiger partial charge in [0.25, 0.3) is 0 Å². The molecule has 1 aromatic carbocycles. The Bertz CT molecular complexity index is 340. The Morgan fingerprint density at radius 3 is 2.81 bits per heavy atom. The summed E-state index contributed by atoms with van der Waals surface area (Å²) in [6.07, 6.45) is -0.469. The SMILES string of the molecule is COCC(O)CNCC#Cc1ccccc1. The molecule has 1 atom stereocenters. The molecule has 0 fully saturated rings. The molecule has 3 heteroatoms. The molecule has 0 saturated heterocycles. The van der Waals surface area contributed by atoms with Gasteiger partial charge in [0.2, 0.25) is 0 Å². The van der Waals surface area contributed by atoms with Crippen LogP contribution in [0.4, 0.5) is 0 Å². The van der Waals surface area contributed by atoms with E-state index in [1.807, 2.05) is 30.3 Å². The van der Waals surface area contributed by atoms with Crippen LogP contribution in [-0.2, 0) is 4.74 Å². The smallest absolute Gasteiger partial charge is 0.0897 e. The number of ether oxygens (including phenoxy) is 1. The molecule has 0 aliphatic heterocycles. The van der Waals surface area contributed by atoms with Crippen molar-refractivity contribution >= 4 is 0 Å². The zero-order valence-corrected chi connectivity index (χ0v) is 9.44. The summed E-state index contributed by atoms with van der Waals surface area (Å²) < 4.78 is 4.80. The first-order valence-electron chi connectivity index (χ1n) is 5.24. The fraction of sp³-hybridized carbons (Fsp3) is 0.385. The van der Waals surface area contributed by atoms with E-state index in [2.05, 4.69) is 17.2 Å². The highest BCUT2D eigenvalue weighted by molar-refractivity contribution is 5.33. The van der Waals surface area contributed by atoms with Crippen molar-refractivity contribution in [3.63, 3.8) is 0 Å². The lowest BCUT2D eigenvalue weighted by molar-refractivity contribution is 0.0653. The van der Waals surface area contributed by atoms with Crippen LogP contribution in [0.15, 0.2) is 30.3 Å². The van der Waals surface area contributed by atoms with E-state index in [9.17, 15) is 5.11 Å². The van der Waals surface area contributed by atoms with Crippen molar-refractivity contribution in [2.24, 2.45) is 0 Å². The second-order valence-corrected chi connectivity index (χ2v) is 3.41. The quantitative estimate of drug-likeness (QED) is 0.564. The normalized spacial score (nSPS) is 11.6. The van der Waals surface area contributed by atoms with Gasteiger partial charge in [0.1, 0.15) is 0 Å². The predicted molar refractivity (Wildman–Crippen MR) is 64.1 cm³/mol. The van der Waals surface area contributed by atoms with Crippen LogP contribution in [0.25, 0.3) is 0 Å². The van der Waals surface area contributed by atoms with Gasteiger partial charge in [0.15, 0.2) is 0 Å². The van der Waals surface area contributed by atoms with Gasteiger partial charge in [-0.25, -0.2) is 0 Å². The molecule has 16 heavy (non-hydrogen) atoms. The summed E-state index contributed by atoms with van der Waals surface area (Å²) >= 11 is 0. The Morgan fingerprint density at radius 2 is 2.12 bits per heavy atom. The van der Waals surface area contributed by atoms with E-state index in [1.54, 1.807) is 7.11 Å². The maximum absolute atomic E-state index is 9.33. The van der Waals surface area contributed by atoms with Crippen molar-refractivity contribution in [2.75, 3.05) is 26.8 Å². The number of methoxy groups -OCH3 is 1. The summed E-state index contributed by atoms with van der Waals surface area (Å²) in [5.41, 5.74) is 1.00. The Kier molecular flexibility index (Phi) is 6.28. The Labute approximate surface area is 96.4 Å². The van der Waals surface area contributed by atoms with Crippen LogP contribution in [-0.4, -0.2) is 38.0 Å². The minimum Gasteiger partial charge on any atom is -0.389 e. The predicted octanol–water partition coefficient (Wildman–Crippen LogP) is 0.635. The van der Waals surface area contributed by atoms with Crippen LogP contribution in [0.2, 0.25) is 0 Å². The topological polar surface area (TPSA) is 41.5 Å². The number of aliphatic hydroxyl groups is 1. The zero-order chi connectivity index (χ0) is 11.6. The van der Waals surface area contributed by atoms with Crippen LogP contribution >= 0.6 is 0 Å². The van der Waals surface area contributed by atoms with E-state index in [0.717, 1.165) is 5.56 Å². The summed E-state index contributed by atoms with van der Waals surface area (Å²) in [4.78, 5) is 0. The fourth-order valence-corrected chi connectivity index (χ4v) is 1.22. The first-order valence-corrected chi connectivity index (χ1v) is 5.24. The number of hydrogen-bond donors (Lipinski definition) is 2. The molecule has 0 saturated carbocycles. The summed E-state index contributed by atoms with van der Waals surface area (Å²) in [5, 5.41) is 12.4. The van der Waals surface area contributed by atoms with Crippen molar-refractivity contribution in [2.45, 2.75) is 6.10 Å². The van der Waals surface area contributed by atoms with Gasteiger partial charge in [-0.2, -0.15) is 0 Å². The van der Waals surface area contributed by atoms with Crippen molar-refractivity contribution in [3.05, 3.63) is 35.9 Å². The molecule has 86 valence electrons. The summed E-state index contributed by atoms with van der Waals surface area (Å²) in [6.45, 7) is 1.41. The van der Waals surface area contributed by atoms with E-state index < -0.39 is 6.10 Å². The summed E-state index contributed by atoms with van der Waals surface area (Å²) in [6, 6.07) is 9.81. The van der Waals surface area contributed by atoms with Gasteiger partial charge in [-0.15, -0.1) is 0 Å². The number of nitrogens with one attached hydrogen (secondary N) is 1. The van der Waals surface area contributed by atoms with Crippen molar-refractivity contribution in [3.8, 4) is 11.8 Å². The third kappa shape index (κ3) is 5.52. The van der Waals surface area contributed by atoms with Crippen molar-refractivity contribution in [1.82, 2.24) is 5.32 Å². The van der Waals surface area contributed by atoms with Crippen LogP contribution in [0.1, 0.15) is 5.56 Å². The molecule has 0 amide bonds. The highest BCUT2D eigenvalue weighted by Gasteiger charge is 2.00. The maximum Gasteiger partial charge on any atom is 0.0897 e. The van der Waals surface area contributed by atoms with Gasteiger partial charge in [-0.1, -0.05) is 30.0 Å². The standard InChI is InChI=1S/C13H17NO2/c1-16-11-13(15)10-14-9-5-8-12-6-3-2-4-7-12/h2-4,6-7,13-15H,9-11H2,1H3. The van der Waals surface area contributed by atoms with Gasteiger partial charge in [-0.3, -0.25) is 0 Å². The monoisotopic (exact) mass is 219 g/mol. The second-order valence-electron chi connectivity index (χ2n) is 3.41. The second kappa shape index (κ2) is 7.89. The molecule has 1 rings (SSSR count). The molecule has 0 aliphatic carbocycles. The van der Waals surface area contributed by atoms with E-state index in [1.165, 1.54) is 0 Å². The minimum absolute atomic E-state index is 0.346. The number of benzene rings is 1. The Balaban J connectivity index is 2.19. The van der Waals surface area contributed by atoms with Gasteiger partial charge in [0, 0.05) is 19.2 Å². The van der Waals surface area contributed by atoms with Crippen LogP contribution < -0.4 is 5.32 Å². The Hall–Kier alpha value is -1.34. The molecular formula is C13H17NO2. The van der Waals surface area contributed by atoms with Crippen LogP contribution in [0.3, 0.4) is 0 Å². The molecule has 0 heterocycles. The van der Waals surface area contributed by atoms with Crippen LogP contribution in [0, 0.1) is 11.8 Å². The molecule has 0 aromatic heterocycles. The molecular weight excluding hydrogens is 202 g/mol. The van der Waals surface area contributed by atoms with E-state index in [0.29, 0.717) is 19.7 Å². The van der Waals surface area contributed by atoms with Crippen molar-refractivity contribution in [1.29, 1.82) is 0 Å². The highest BCUT2D eigenvalue weighted by Crippen LogP contribution is 1.94. The first kappa shape index (κ1) is 12.7. The molecule has 1 aromatic rings. The first-order chi connectivity index (χ1) is 7.83. The third-order valence-corrected chi connectivity index (χ3v) is 1.96. The molecule has 2 N–H and O–H groups in total. The average molecular weight is 219 g/mol. The molecule has 0 radical (unpaired) electrons. The zero-order valence-electron chi connectivity index (χ0n) is 9.44. The van der Waals surface area contributed by atoms with Crippen molar-refractivity contribution < 1.29 is 9.84 Å². The minimum atomic E-state index is -0.469. The summed E-state index contributed by atoms with van der Waals surface area (Å²) in [5.74, 6) is 6.01. The summed E-state index contributed by atoms with van der Waals surface area (Å²) in [7, 11) is 1.57. The highest BCUT2D eigenvalue weighted by atomic mass is 16.5. The third-order valence-electron chi connectivity index (χ3n) is 1.96. The Morgan fingerprint density at radius 1 is 1.38 bits per heavy atom. The fourth-order valence-electron chi connectivity index (χ4n) is 1.22. The van der Waals surface area contributed by atoms with E-state index >= 15 is 0 Å². The largest absolute Gasteiger partial charge is 0.389 e. The van der Waals surface area contributed by atoms with E-state index in [-0.39, 0.29) is 0 Å². The lowest BCUT2D eigenvalue weighted by atomic mass is 10.2. The molecule has 3 nitrogen and oxygen atoms in total. The van der Waals surface area contributed by atoms with E-state index in [4.69, 9.17) is 4.74 Å². The number of rotatable bonds is 5. The molecule has 0 bridgehead atoms. The molecule has 0 spiro atoms.